The molecule has 0 atom stereocenters. The van der Waals surface area contributed by atoms with Gasteiger partial charge in [0.15, 0.2) is 0 Å². The summed E-state index contributed by atoms with van der Waals surface area (Å²) in [6.45, 7) is 3.19. The summed E-state index contributed by atoms with van der Waals surface area (Å²) >= 11 is 6.18. The number of anilines is 1. The smallest absolute Gasteiger partial charge is 0.255 e. The molecule has 0 radical (unpaired) electrons. The van der Waals surface area contributed by atoms with Crippen LogP contribution in [0.5, 0.6) is 5.75 Å². The van der Waals surface area contributed by atoms with Crippen molar-refractivity contribution in [2.24, 2.45) is 0 Å². The van der Waals surface area contributed by atoms with Crippen LogP contribution in [0.2, 0.25) is 5.02 Å². The number of likely N-dealkylation sites (tertiary alicyclic amines) is 1. The van der Waals surface area contributed by atoms with Gasteiger partial charge in [-0.25, -0.2) is 0 Å². The van der Waals surface area contributed by atoms with E-state index >= 15 is 0 Å². The van der Waals surface area contributed by atoms with Crippen LogP contribution in [0.1, 0.15) is 39.3 Å². The van der Waals surface area contributed by atoms with Gasteiger partial charge >= 0.3 is 0 Å². The molecule has 0 spiro atoms. The molecule has 0 saturated carbocycles. The molecule has 3 rings (SSSR count). The van der Waals surface area contributed by atoms with Gasteiger partial charge in [0.05, 0.1) is 27.0 Å². The second-order valence-corrected chi connectivity index (χ2v) is 6.92. The van der Waals surface area contributed by atoms with E-state index in [-0.39, 0.29) is 18.6 Å². The quantitative estimate of drug-likeness (QED) is 0.455. The first-order valence-corrected chi connectivity index (χ1v) is 9.03. The summed E-state index contributed by atoms with van der Waals surface area (Å²) in [5.74, 6) is 0.357. The molecule has 0 aromatic heterocycles. The highest BCUT2D eigenvalue weighted by Gasteiger charge is 2.27. The number of carbonyl (C=O) groups is 1. The van der Waals surface area contributed by atoms with Crippen molar-refractivity contribution in [1.82, 2.24) is 10.2 Å². The highest BCUT2D eigenvalue weighted by atomic mass is 35.5. The van der Waals surface area contributed by atoms with Gasteiger partial charge in [0.25, 0.3) is 5.91 Å². The molecule has 0 unspecified atom stereocenters. The van der Waals surface area contributed by atoms with Crippen molar-refractivity contribution in [3.8, 4) is 5.75 Å². The maximum atomic E-state index is 12.7. The maximum Gasteiger partial charge on any atom is 0.255 e. The number of fused-ring (bicyclic) bond motifs is 1. The zero-order chi connectivity index (χ0) is 20.3. The third-order valence-electron chi connectivity index (χ3n) is 4.86. The average Bonchev–Trinajstić information content (AvgIpc) is 3.12. The van der Waals surface area contributed by atoms with E-state index in [0.29, 0.717) is 41.5 Å². The van der Waals surface area contributed by atoms with Gasteiger partial charge in [0.2, 0.25) is 0 Å². The van der Waals surface area contributed by atoms with E-state index in [1.54, 1.807) is 6.07 Å². The molecule has 2 heterocycles. The van der Waals surface area contributed by atoms with Crippen LogP contribution in [0.4, 0.5) is 5.69 Å². The van der Waals surface area contributed by atoms with Crippen LogP contribution < -0.4 is 15.8 Å². The zero-order valence-corrected chi connectivity index (χ0v) is 14.9. The molecule has 1 amide bonds. The van der Waals surface area contributed by atoms with E-state index in [9.17, 15) is 4.79 Å². The number of nitrogen functional groups attached to an aromatic ring is 1. The summed E-state index contributed by atoms with van der Waals surface area (Å²) in [5, 5.41) is 3.45. The largest absolute Gasteiger partial charge is 0.492 e. The first-order chi connectivity index (χ1) is 13.2. The highest BCUT2D eigenvalue weighted by Crippen LogP contribution is 2.38. The van der Waals surface area contributed by atoms with E-state index in [2.05, 4.69) is 10.2 Å². The Morgan fingerprint density at radius 2 is 2.36 bits per heavy atom. The van der Waals surface area contributed by atoms with Gasteiger partial charge < -0.3 is 25.4 Å². The van der Waals surface area contributed by atoms with Gasteiger partial charge in [-0.3, -0.25) is 4.79 Å². The van der Waals surface area contributed by atoms with E-state index in [4.69, 9.17) is 30.9 Å². The van der Waals surface area contributed by atoms with Crippen LogP contribution in [-0.4, -0.2) is 56.7 Å². The Labute approximate surface area is 157 Å². The fourth-order valence-corrected chi connectivity index (χ4v) is 3.68. The van der Waals surface area contributed by atoms with Crippen LogP contribution in [0, 0.1) is 0 Å². The van der Waals surface area contributed by atoms with Crippen molar-refractivity contribution in [3.05, 3.63) is 22.2 Å². The first-order valence-electron chi connectivity index (χ1n) is 10.2. The van der Waals surface area contributed by atoms with Crippen molar-refractivity contribution in [3.63, 3.8) is 0 Å². The molecule has 6 nitrogen and oxygen atoms in total. The predicted octanol–water partition coefficient (Wildman–Crippen LogP) is 2.09. The number of piperidine rings is 1. The van der Waals surface area contributed by atoms with E-state index in [1.807, 2.05) is 0 Å². The number of rotatable bonds is 6. The van der Waals surface area contributed by atoms with Crippen LogP contribution in [0.25, 0.3) is 0 Å². The lowest BCUT2D eigenvalue weighted by Crippen LogP contribution is -2.45. The van der Waals surface area contributed by atoms with Crippen molar-refractivity contribution in [1.29, 1.82) is 0 Å². The van der Waals surface area contributed by atoms with Crippen molar-refractivity contribution >= 4 is 23.2 Å². The molecule has 1 aromatic carbocycles. The summed E-state index contributed by atoms with van der Waals surface area (Å²) < 4.78 is 31.5. The molecule has 138 valence electrons. The summed E-state index contributed by atoms with van der Waals surface area (Å²) in [7, 11) is -2.33. The summed E-state index contributed by atoms with van der Waals surface area (Å²) in [5.41, 5.74) is 7.73. The van der Waals surface area contributed by atoms with Crippen LogP contribution in [-0.2, 0) is 11.2 Å². The minimum absolute atomic E-state index is 0.0794. The fraction of sp³-hybridized carbons (Fsp3) is 0.611. The van der Waals surface area contributed by atoms with Crippen LogP contribution >= 0.6 is 11.6 Å². The summed E-state index contributed by atoms with van der Waals surface area (Å²) in [4.78, 5) is 15.0. The van der Waals surface area contributed by atoms with E-state index in [0.717, 1.165) is 38.0 Å². The molecule has 1 fully saturated rings. The average molecular weight is 372 g/mol. The lowest BCUT2D eigenvalue weighted by Gasteiger charge is -2.32. The zero-order valence-electron chi connectivity index (χ0n) is 17.1. The Morgan fingerprint density at radius 3 is 3.12 bits per heavy atom. The Bertz CT molecular complexity index is 722. The van der Waals surface area contributed by atoms with Crippen molar-refractivity contribution in [2.45, 2.75) is 31.7 Å². The predicted molar refractivity (Wildman–Crippen MR) is 98.5 cm³/mol. The lowest BCUT2D eigenvalue weighted by molar-refractivity contribution is 0.0904. The monoisotopic (exact) mass is 371 g/mol. The van der Waals surface area contributed by atoms with E-state index < -0.39 is 7.04 Å². The number of nitrogens with one attached hydrogen (secondary N) is 1. The number of carbonyl (C=O) groups excluding carboxylic acids is 1. The number of hydrogen-bond donors (Lipinski definition) is 2. The maximum absolute atomic E-state index is 12.7. The number of halogens is 1. The molecule has 25 heavy (non-hydrogen) atoms. The van der Waals surface area contributed by atoms with Crippen molar-refractivity contribution in [2.75, 3.05) is 45.6 Å². The number of ether oxygens (including phenoxy) is 2. The molecule has 3 N–H and O–H groups in total. The Morgan fingerprint density at radius 1 is 1.56 bits per heavy atom. The van der Waals surface area contributed by atoms with Gasteiger partial charge in [0.1, 0.15) is 5.75 Å². The molecule has 0 bridgehead atoms. The molecule has 7 heteroatoms. The third kappa shape index (κ3) is 4.19. The van der Waals surface area contributed by atoms with Gasteiger partial charge in [-0.2, -0.15) is 0 Å². The Kier molecular flexibility index (Phi) is 4.84. The first kappa shape index (κ1) is 14.6. The number of amides is 1. The molecular weight excluding hydrogens is 343 g/mol. The van der Waals surface area contributed by atoms with Crippen molar-refractivity contribution < 1.29 is 18.4 Å². The highest BCUT2D eigenvalue weighted by molar-refractivity contribution is 6.33. The molecule has 2 aliphatic rings. The lowest BCUT2D eigenvalue weighted by atomic mass is 10.0. The standard InChI is InChI=1S/C18H26ClN3O3/c1-24-9-2-6-22-7-3-12(4-8-22)21-18(23)14-11-15(19)16(20)13-5-10-25-17(13)14/h11-12H,2-10,20H2,1H3,(H,21,23)/i1+1D3. The second-order valence-electron chi connectivity index (χ2n) is 6.52. The second kappa shape index (κ2) is 8.25. The Balaban J connectivity index is 1.47. The SMILES string of the molecule is [2H][13C]([2H])([2H])OCCCN1CCC(NC(=O)c2cc(Cl)c(N)c3c2OCC3)CC1. The third-order valence-corrected chi connectivity index (χ3v) is 5.17. The Hall–Kier alpha value is -1.50. The summed E-state index contributed by atoms with van der Waals surface area (Å²) in [6, 6.07) is 1.66. The topological polar surface area (TPSA) is 76.8 Å². The fourth-order valence-electron chi connectivity index (χ4n) is 3.46. The molecule has 2 aliphatic heterocycles. The minimum atomic E-state index is -2.33. The molecule has 1 saturated heterocycles. The number of nitrogens with zero attached hydrogens (tertiary/aromatic N) is 1. The minimum Gasteiger partial charge on any atom is -0.492 e. The normalized spacial score (nSPS) is 20.3. The van der Waals surface area contributed by atoms with Gasteiger partial charge in [-0.15, -0.1) is 0 Å². The number of hydrogen-bond acceptors (Lipinski definition) is 5. The van der Waals surface area contributed by atoms with Crippen LogP contribution in [0.15, 0.2) is 6.07 Å². The molecule has 1 aromatic rings. The van der Waals surface area contributed by atoms with Crippen LogP contribution in [0.3, 0.4) is 0 Å². The molecule has 0 aliphatic carbocycles. The van der Waals surface area contributed by atoms with Gasteiger partial charge in [-0.1, -0.05) is 11.6 Å². The van der Waals surface area contributed by atoms with Gasteiger partial charge in [0, 0.05) is 51.3 Å². The van der Waals surface area contributed by atoms with E-state index in [1.165, 1.54) is 0 Å². The number of nitrogens with two attached hydrogens (primary N) is 1. The number of methoxy groups -OCH3 is 1. The molecular formula is C18H26ClN3O3. The number of benzene rings is 1. The van der Waals surface area contributed by atoms with Gasteiger partial charge in [-0.05, 0) is 25.3 Å². The summed E-state index contributed by atoms with van der Waals surface area (Å²) in [6.07, 6.45) is 2.99.